The zero-order valence-electron chi connectivity index (χ0n) is 3.40. The molecule has 0 amide bonds. The Morgan fingerprint density at radius 3 is 2.83 bits per heavy atom. The first-order valence-corrected chi connectivity index (χ1v) is 1.82. The summed E-state index contributed by atoms with van der Waals surface area (Å²) >= 11 is 0. The molecule has 35 valence electrons. The van der Waals surface area contributed by atoms with E-state index in [0.29, 0.717) is 6.73 Å². The highest BCUT2D eigenvalue weighted by molar-refractivity contribution is 4.55. The van der Waals surface area contributed by atoms with E-state index in [1.807, 2.05) is 0 Å². The highest BCUT2D eigenvalue weighted by Crippen LogP contribution is 1.84. The third-order valence-corrected chi connectivity index (χ3v) is 0.620. The molecule has 1 saturated heterocycles. The van der Waals surface area contributed by atoms with Gasteiger partial charge in [0.25, 0.3) is 0 Å². The second kappa shape index (κ2) is 1.55. The molecule has 2 N–H and O–H groups in total. The molecule has 1 fully saturated rings. The van der Waals surface area contributed by atoms with Gasteiger partial charge in [-0.1, -0.05) is 0 Å². The minimum atomic E-state index is -0.0648. The molecule has 3 nitrogen and oxygen atoms in total. The maximum Gasteiger partial charge on any atom is 0.122 e. The van der Waals surface area contributed by atoms with Crippen LogP contribution in [0.15, 0.2) is 0 Å². The van der Waals surface area contributed by atoms with Crippen LogP contribution < -0.4 is 10.9 Å². The van der Waals surface area contributed by atoms with Crippen LogP contribution in [0, 0.1) is 6.92 Å². The van der Waals surface area contributed by atoms with Crippen molar-refractivity contribution in [3.63, 3.8) is 0 Å². The van der Waals surface area contributed by atoms with Crippen LogP contribution in [-0.2, 0) is 4.74 Å². The Morgan fingerprint density at radius 1 is 1.83 bits per heavy atom. The third kappa shape index (κ3) is 0.680. The summed E-state index contributed by atoms with van der Waals surface area (Å²) in [7, 11) is 0. The average Bonchev–Trinajstić information content (AvgIpc) is 1.86. The molecule has 1 aliphatic heterocycles. The van der Waals surface area contributed by atoms with Crippen LogP contribution in [0.2, 0.25) is 0 Å². The Balaban J connectivity index is 2.18. The minimum Gasteiger partial charge on any atom is -0.346 e. The Hall–Kier alpha value is -0.120. The number of rotatable bonds is 0. The summed E-state index contributed by atoms with van der Waals surface area (Å²) in [6.45, 7) is 4.11. The van der Waals surface area contributed by atoms with E-state index in [1.165, 1.54) is 0 Å². The fraction of sp³-hybridized carbons (Fsp3) is 0.667. The lowest BCUT2D eigenvalue weighted by atomic mass is 10.7. The van der Waals surface area contributed by atoms with Crippen molar-refractivity contribution >= 4 is 0 Å². The smallest absolute Gasteiger partial charge is 0.122 e. The molecule has 1 aliphatic rings. The van der Waals surface area contributed by atoms with Gasteiger partial charge in [-0.3, -0.25) is 0 Å². The number of hydrogen-bond donors (Lipinski definition) is 2. The van der Waals surface area contributed by atoms with Crippen molar-refractivity contribution in [3.8, 4) is 0 Å². The van der Waals surface area contributed by atoms with Gasteiger partial charge in [-0.15, -0.1) is 0 Å². The summed E-state index contributed by atoms with van der Waals surface area (Å²) in [5.74, 6) is 0. The van der Waals surface area contributed by atoms with E-state index < -0.39 is 0 Å². The van der Waals surface area contributed by atoms with E-state index in [2.05, 4.69) is 17.8 Å². The predicted molar refractivity (Wildman–Crippen MR) is 21.4 cm³/mol. The quantitative estimate of drug-likeness (QED) is 0.407. The standard InChI is InChI=1S/C3H7N2O/c1-3-5-4-2-6-3/h3-5H,1-2H2. The lowest BCUT2D eigenvalue weighted by molar-refractivity contribution is 0.133. The van der Waals surface area contributed by atoms with Gasteiger partial charge in [0, 0.05) is 0 Å². The number of ether oxygens (including phenoxy) is 1. The van der Waals surface area contributed by atoms with E-state index >= 15 is 0 Å². The number of nitrogens with one attached hydrogen (secondary N) is 2. The second-order valence-corrected chi connectivity index (χ2v) is 1.12. The first kappa shape index (κ1) is 4.05. The summed E-state index contributed by atoms with van der Waals surface area (Å²) < 4.78 is 4.82. The van der Waals surface area contributed by atoms with E-state index in [-0.39, 0.29) is 6.23 Å². The van der Waals surface area contributed by atoms with Gasteiger partial charge in [-0.05, 0) is 6.92 Å². The maximum atomic E-state index is 4.82. The van der Waals surface area contributed by atoms with Crippen molar-refractivity contribution in [2.75, 3.05) is 6.73 Å². The summed E-state index contributed by atoms with van der Waals surface area (Å²) in [5, 5.41) is 0. The first-order valence-electron chi connectivity index (χ1n) is 1.82. The molecule has 0 spiro atoms. The lowest BCUT2D eigenvalue weighted by Gasteiger charge is -1.94. The van der Waals surface area contributed by atoms with Gasteiger partial charge in [-0.2, -0.15) is 0 Å². The molecule has 3 heteroatoms. The number of hydrogen-bond acceptors (Lipinski definition) is 3. The molecule has 1 heterocycles. The molecule has 1 rings (SSSR count). The first-order chi connectivity index (χ1) is 2.89. The van der Waals surface area contributed by atoms with Crippen molar-refractivity contribution < 1.29 is 4.74 Å². The molecule has 6 heavy (non-hydrogen) atoms. The molecular formula is C3H7N2O. The van der Waals surface area contributed by atoms with Gasteiger partial charge >= 0.3 is 0 Å². The van der Waals surface area contributed by atoms with Crippen LogP contribution in [0.3, 0.4) is 0 Å². The van der Waals surface area contributed by atoms with Gasteiger partial charge in [0.2, 0.25) is 0 Å². The lowest BCUT2D eigenvalue weighted by Crippen LogP contribution is -2.27. The van der Waals surface area contributed by atoms with Crippen molar-refractivity contribution in [1.82, 2.24) is 10.9 Å². The Bertz CT molecular complexity index is 42.1. The van der Waals surface area contributed by atoms with E-state index in [4.69, 9.17) is 4.74 Å². The second-order valence-electron chi connectivity index (χ2n) is 1.12. The Labute approximate surface area is 36.6 Å². The molecule has 0 saturated carbocycles. The van der Waals surface area contributed by atoms with Gasteiger partial charge in [0.1, 0.15) is 13.0 Å². The van der Waals surface area contributed by atoms with Crippen LogP contribution in [0.4, 0.5) is 0 Å². The molecular weight excluding hydrogens is 80.0 g/mol. The highest BCUT2D eigenvalue weighted by atomic mass is 16.5. The topological polar surface area (TPSA) is 33.3 Å². The normalized spacial score (nSPS) is 34.5. The SMILES string of the molecule is [CH2]C1NNCO1. The van der Waals surface area contributed by atoms with Crippen molar-refractivity contribution in [1.29, 1.82) is 0 Å². The number of hydrazine groups is 1. The van der Waals surface area contributed by atoms with Crippen molar-refractivity contribution in [3.05, 3.63) is 6.92 Å². The maximum absolute atomic E-state index is 4.82. The highest BCUT2D eigenvalue weighted by Gasteiger charge is 2.04. The minimum absolute atomic E-state index is 0.0648. The fourth-order valence-corrected chi connectivity index (χ4v) is 0.339. The van der Waals surface area contributed by atoms with Crippen LogP contribution in [-0.4, -0.2) is 13.0 Å². The third-order valence-electron chi connectivity index (χ3n) is 0.620. The summed E-state index contributed by atoms with van der Waals surface area (Å²) in [6, 6.07) is 0. The van der Waals surface area contributed by atoms with E-state index in [0.717, 1.165) is 0 Å². The van der Waals surface area contributed by atoms with Gasteiger partial charge < -0.3 is 4.74 Å². The van der Waals surface area contributed by atoms with Gasteiger partial charge in [0.15, 0.2) is 0 Å². The fourth-order valence-electron chi connectivity index (χ4n) is 0.339. The van der Waals surface area contributed by atoms with Crippen LogP contribution >= 0.6 is 0 Å². The zero-order chi connectivity index (χ0) is 4.41. The van der Waals surface area contributed by atoms with Crippen molar-refractivity contribution in [2.24, 2.45) is 0 Å². The van der Waals surface area contributed by atoms with Gasteiger partial charge in [-0.25, -0.2) is 10.9 Å². The van der Waals surface area contributed by atoms with E-state index in [1.54, 1.807) is 0 Å². The van der Waals surface area contributed by atoms with Crippen molar-refractivity contribution in [2.45, 2.75) is 6.23 Å². The summed E-state index contributed by atoms with van der Waals surface area (Å²) in [6.07, 6.45) is -0.0648. The van der Waals surface area contributed by atoms with E-state index in [9.17, 15) is 0 Å². The summed E-state index contributed by atoms with van der Waals surface area (Å²) in [4.78, 5) is 0. The zero-order valence-corrected chi connectivity index (χ0v) is 3.40. The molecule has 0 bridgehead atoms. The molecule has 1 radical (unpaired) electrons. The van der Waals surface area contributed by atoms with Crippen LogP contribution in [0.25, 0.3) is 0 Å². The van der Waals surface area contributed by atoms with Gasteiger partial charge in [0.05, 0.1) is 0 Å². The molecule has 0 aliphatic carbocycles. The van der Waals surface area contributed by atoms with Crippen LogP contribution in [0.1, 0.15) is 0 Å². The Morgan fingerprint density at radius 2 is 2.67 bits per heavy atom. The monoisotopic (exact) mass is 87.1 g/mol. The average molecular weight is 87.1 g/mol. The molecule has 0 aromatic carbocycles. The Kier molecular flexibility index (Phi) is 1.05. The van der Waals surface area contributed by atoms with Crippen LogP contribution in [0.5, 0.6) is 0 Å². The molecule has 0 aromatic rings. The molecule has 1 atom stereocenters. The largest absolute Gasteiger partial charge is 0.346 e. The molecule has 0 aromatic heterocycles. The summed E-state index contributed by atoms with van der Waals surface area (Å²) in [5.41, 5.74) is 5.47. The molecule has 1 unspecified atom stereocenters. The predicted octanol–water partition coefficient (Wildman–Crippen LogP) is -0.772.